The maximum atomic E-state index is 10.9. The van der Waals surface area contributed by atoms with Gasteiger partial charge in [0.25, 0.3) is 5.69 Å². The smallest absolute Gasteiger partial charge is 0.272 e. The molecule has 0 spiro atoms. The summed E-state index contributed by atoms with van der Waals surface area (Å²) in [6.45, 7) is 2.52. The summed E-state index contributed by atoms with van der Waals surface area (Å²) in [5.41, 5.74) is 8.19. The normalized spacial score (nSPS) is 17.9. The quantitative estimate of drug-likeness (QED) is 0.658. The molecule has 1 aliphatic rings. The van der Waals surface area contributed by atoms with Gasteiger partial charge in [0.1, 0.15) is 0 Å². The monoisotopic (exact) mass is 248 g/mol. The zero-order chi connectivity index (χ0) is 13.2. The van der Waals surface area contributed by atoms with Gasteiger partial charge in [-0.2, -0.15) is 0 Å². The summed E-state index contributed by atoms with van der Waals surface area (Å²) in [4.78, 5) is 10.6. The minimum absolute atomic E-state index is 0.167. The Hall–Kier alpha value is -1.42. The van der Waals surface area contributed by atoms with E-state index in [1.54, 1.807) is 12.1 Å². The van der Waals surface area contributed by atoms with Gasteiger partial charge in [0.15, 0.2) is 0 Å². The fourth-order valence-electron chi connectivity index (χ4n) is 3.04. The SMILES string of the molecule is Cc1c(CC2(CN)CCCC2)cccc1[N+](=O)[O-]. The molecule has 2 N–H and O–H groups in total. The first-order valence-corrected chi connectivity index (χ1v) is 6.51. The summed E-state index contributed by atoms with van der Waals surface area (Å²) in [6, 6.07) is 5.35. The Balaban J connectivity index is 2.29. The van der Waals surface area contributed by atoms with E-state index in [0.717, 1.165) is 30.4 Å². The Labute approximate surface area is 107 Å². The van der Waals surface area contributed by atoms with Crippen molar-refractivity contribution in [3.8, 4) is 0 Å². The molecular weight excluding hydrogens is 228 g/mol. The summed E-state index contributed by atoms with van der Waals surface area (Å²) in [6.07, 6.45) is 5.62. The number of nitrogens with zero attached hydrogens (tertiary/aromatic N) is 1. The molecule has 0 amide bonds. The van der Waals surface area contributed by atoms with Crippen molar-refractivity contribution in [3.63, 3.8) is 0 Å². The average molecular weight is 248 g/mol. The highest BCUT2D eigenvalue weighted by molar-refractivity contribution is 5.44. The van der Waals surface area contributed by atoms with Crippen LogP contribution in [0.1, 0.15) is 36.8 Å². The molecule has 18 heavy (non-hydrogen) atoms. The molecule has 1 aromatic carbocycles. The van der Waals surface area contributed by atoms with E-state index < -0.39 is 0 Å². The van der Waals surface area contributed by atoms with Gasteiger partial charge in [-0.1, -0.05) is 25.0 Å². The highest BCUT2D eigenvalue weighted by Gasteiger charge is 2.33. The molecule has 0 unspecified atom stereocenters. The highest BCUT2D eigenvalue weighted by atomic mass is 16.6. The first-order valence-electron chi connectivity index (χ1n) is 6.51. The van der Waals surface area contributed by atoms with Gasteiger partial charge in [-0.05, 0) is 43.7 Å². The van der Waals surface area contributed by atoms with Gasteiger partial charge in [-0.15, -0.1) is 0 Å². The third kappa shape index (κ3) is 2.38. The number of nitro benzene ring substituents is 1. The summed E-state index contributed by atoms with van der Waals surface area (Å²) >= 11 is 0. The lowest BCUT2D eigenvalue weighted by Crippen LogP contribution is -2.30. The van der Waals surface area contributed by atoms with Gasteiger partial charge in [-0.3, -0.25) is 10.1 Å². The molecule has 0 saturated heterocycles. The Morgan fingerprint density at radius 3 is 2.61 bits per heavy atom. The molecule has 1 aliphatic carbocycles. The third-order valence-corrected chi connectivity index (χ3v) is 4.28. The second kappa shape index (κ2) is 5.06. The number of nitro groups is 1. The summed E-state index contributed by atoms with van der Waals surface area (Å²) in [5.74, 6) is 0. The molecule has 0 bridgehead atoms. The predicted molar refractivity (Wildman–Crippen MR) is 71.5 cm³/mol. The second-order valence-electron chi connectivity index (χ2n) is 5.41. The molecule has 4 heteroatoms. The maximum absolute atomic E-state index is 10.9. The van der Waals surface area contributed by atoms with E-state index in [4.69, 9.17) is 5.73 Å². The van der Waals surface area contributed by atoms with Crippen molar-refractivity contribution in [1.82, 2.24) is 0 Å². The zero-order valence-electron chi connectivity index (χ0n) is 10.8. The van der Waals surface area contributed by atoms with Crippen LogP contribution in [-0.2, 0) is 6.42 Å². The molecule has 2 rings (SSSR count). The third-order valence-electron chi connectivity index (χ3n) is 4.28. The van der Waals surface area contributed by atoms with Crippen molar-refractivity contribution in [3.05, 3.63) is 39.4 Å². The number of nitrogens with two attached hydrogens (primary N) is 1. The van der Waals surface area contributed by atoms with E-state index in [2.05, 4.69) is 0 Å². The Bertz CT molecular complexity index is 451. The average Bonchev–Trinajstić information content (AvgIpc) is 2.81. The lowest BCUT2D eigenvalue weighted by molar-refractivity contribution is -0.385. The zero-order valence-corrected chi connectivity index (χ0v) is 10.8. The van der Waals surface area contributed by atoms with E-state index >= 15 is 0 Å². The van der Waals surface area contributed by atoms with E-state index in [1.807, 2.05) is 13.0 Å². The van der Waals surface area contributed by atoms with Crippen molar-refractivity contribution in [1.29, 1.82) is 0 Å². The minimum Gasteiger partial charge on any atom is -0.330 e. The maximum Gasteiger partial charge on any atom is 0.272 e. The lowest BCUT2D eigenvalue weighted by atomic mass is 9.79. The van der Waals surface area contributed by atoms with Crippen LogP contribution in [0, 0.1) is 22.5 Å². The van der Waals surface area contributed by atoms with Gasteiger partial charge in [0.05, 0.1) is 4.92 Å². The summed E-state index contributed by atoms with van der Waals surface area (Å²) < 4.78 is 0. The van der Waals surface area contributed by atoms with Gasteiger partial charge >= 0.3 is 0 Å². The predicted octanol–water partition coefficient (Wildman–Crippen LogP) is 2.96. The first-order chi connectivity index (χ1) is 8.58. The molecule has 4 nitrogen and oxygen atoms in total. The van der Waals surface area contributed by atoms with Crippen LogP contribution < -0.4 is 5.73 Å². The fourth-order valence-corrected chi connectivity index (χ4v) is 3.04. The topological polar surface area (TPSA) is 69.2 Å². The first kappa shape index (κ1) is 13.0. The van der Waals surface area contributed by atoms with Crippen molar-refractivity contribution in [2.24, 2.45) is 11.1 Å². The van der Waals surface area contributed by atoms with Crippen LogP contribution in [0.3, 0.4) is 0 Å². The van der Waals surface area contributed by atoms with Crippen LogP contribution in [0.25, 0.3) is 0 Å². The molecule has 1 saturated carbocycles. The van der Waals surface area contributed by atoms with E-state index in [9.17, 15) is 10.1 Å². The summed E-state index contributed by atoms with van der Waals surface area (Å²) in [7, 11) is 0. The van der Waals surface area contributed by atoms with Crippen LogP contribution in [-0.4, -0.2) is 11.5 Å². The minimum atomic E-state index is -0.303. The van der Waals surface area contributed by atoms with Crippen molar-refractivity contribution < 1.29 is 4.92 Å². The van der Waals surface area contributed by atoms with Crippen molar-refractivity contribution in [2.45, 2.75) is 39.0 Å². The van der Waals surface area contributed by atoms with Crippen LogP contribution in [0.4, 0.5) is 5.69 Å². The van der Waals surface area contributed by atoms with Gasteiger partial charge in [-0.25, -0.2) is 0 Å². The number of hydrogen-bond acceptors (Lipinski definition) is 3. The number of rotatable bonds is 4. The Kier molecular flexibility index (Phi) is 3.66. The van der Waals surface area contributed by atoms with Crippen LogP contribution in [0.5, 0.6) is 0 Å². The highest BCUT2D eigenvalue weighted by Crippen LogP contribution is 2.41. The molecule has 0 aromatic heterocycles. The molecular formula is C14H20N2O2. The molecule has 0 atom stereocenters. The van der Waals surface area contributed by atoms with Crippen molar-refractivity contribution >= 4 is 5.69 Å². The largest absolute Gasteiger partial charge is 0.330 e. The molecule has 0 heterocycles. The van der Waals surface area contributed by atoms with E-state index in [-0.39, 0.29) is 16.0 Å². The van der Waals surface area contributed by atoms with Gasteiger partial charge in [0, 0.05) is 11.6 Å². The molecule has 1 fully saturated rings. The molecule has 0 radical (unpaired) electrons. The van der Waals surface area contributed by atoms with E-state index in [0.29, 0.717) is 6.54 Å². The molecule has 98 valence electrons. The standard InChI is InChI=1S/C14H20N2O2/c1-11-12(5-4-6-13(11)16(17)18)9-14(10-15)7-2-3-8-14/h4-6H,2-3,7-10,15H2,1H3. The van der Waals surface area contributed by atoms with Gasteiger partial charge < -0.3 is 5.73 Å². The fraction of sp³-hybridized carbons (Fsp3) is 0.571. The van der Waals surface area contributed by atoms with Crippen LogP contribution >= 0.6 is 0 Å². The Morgan fingerprint density at radius 2 is 2.06 bits per heavy atom. The lowest BCUT2D eigenvalue weighted by Gasteiger charge is -2.27. The van der Waals surface area contributed by atoms with Crippen LogP contribution in [0.15, 0.2) is 18.2 Å². The van der Waals surface area contributed by atoms with Gasteiger partial charge in [0.2, 0.25) is 0 Å². The molecule has 1 aromatic rings. The van der Waals surface area contributed by atoms with Crippen molar-refractivity contribution in [2.75, 3.05) is 6.54 Å². The second-order valence-corrected chi connectivity index (χ2v) is 5.41. The molecule has 0 aliphatic heterocycles. The van der Waals surface area contributed by atoms with E-state index in [1.165, 1.54) is 12.8 Å². The number of hydrogen-bond donors (Lipinski definition) is 1. The number of benzene rings is 1. The van der Waals surface area contributed by atoms with Crippen LogP contribution in [0.2, 0.25) is 0 Å². The Morgan fingerprint density at radius 1 is 1.39 bits per heavy atom. The summed E-state index contributed by atoms with van der Waals surface area (Å²) in [5, 5.41) is 10.9.